The van der Waals surface area contributed by atoms with Crippen molar-refractivity contribution in [2.45, 2.75) is 57.0 Å². The SMILES string of the molecule is O=C(O)CC[C@@](NC(=O)C(CS)CC1CCCCC1)(Nc1ccc(F)cc1)C(=O)O. The van der Waals surface area contributed by atoms with Crippen molar-refractivity contribution in [3.05, 3.63) is 30.1 Å². The van der Waals surface area contributed by atoms with Gasteiger partial charge in [0.2, 0.25) is 11.6 Å². The zero-order valence-electron chi connectivity index (χ0n) is 16.8. The predicted octanol–water partition coefficient (Wildman–Crippen LogP) is 3.52. The lowest BCUT2D eigenvalue weighted by atomic mass is 9.83. The molecule has 4 N–H and O–H groups in total. The van der Waals surface area contributed by atoms with Gasteiger partial charge < -0.3 is 20.8 Å². The highest BCUT2D eigenvalue weighted by molar-refractivity contribution is 7.80. The molecule has 0 aromatic heterocycles. The van der Waals surface area contributed by atoms with Gasteiger partial charge >= 0.3 is 11.9 Å². The molecule has 0 saturated heterocycles. The Hall–Kier alpha value is -2.29. The second kappa shape index (κ2) is 11.2. The Labute approximate surface area is 180 Å². The molecule has 1 saturated carbocycles. The fourth-order valence-corrected chi connectivity index (χ4v) is 4.16. The minimum absolute atomic E-state index is 0.249. The number of carboxylic acid groups (broad SMARTS) is 2. The maximum Gasteiger partial charge on any atom is 0.350 e. The lowest BCUT2D eigenvalue weighted by Gasteiger charge is -2.34. The van der Waals surface area contributed by atoms with E-state index >= 15 is 0 Å². The number of amides is 1. The van der Waals surface area contributed by atoms with Crippen LogP contribution in [0.5, 0.6) is 0 Å². The van der Waals surface area contributed by atoms with Crippen molar-refractivity contribution in [1.29, 1.82) is 0 Å². The number of anilines is 1. The van der Waals surface area contributed by atoms with E-state index in [1.807, 2.05) is 0 Å². The number of carbonyl (C=O) groups is 3. The van der Waals surface area contributed by atoms with Crippen LogP contribution < -0.4 is 10.6 Å². The highest BCUT2D eigenvalue weighted by atomic mass is 32.1. The summed E-state index contributed by atoms with van der Waals surface area (Å²) in [4.78, 5) is 36.3. The fourth-order valence-electron chi connectivity index (χ4n) is 3.85. The number of halogens is 1. The van der Waals surface area contributed by atoms with Crippen LogP contribution >= 0.6 is 12.6 Å². The van der Waals surface area contributed by atoms with Gasteiger partial charge in [-0.1, -0.05) is 32.1 Å². The van der Waals surface area contributed by atoms with Crippen LogP contribution in [-0.4, -0.2) is 39.5 Å². The zero-order valence-corrected chi connectivity index (χ0v) is 17.7. The summed E-state index contributed by atoms with van der Waals surface area (Å²) in [5, 5.41) is 24.2. The Balaban J connectivity index is 2.21. The van der Waals surface area contributed by atoms with Gasteiger partial charge in [-0.2, -0.15) is 12.6 Å². The summed E-state index contributed by atoms with van der Waals surface area (Å²) in [5.74, 6) is -3.44. The smallest absolute Gasteiger partial charge is 0.350 e. The van der Waals surface area contributed by atoms with Gasteiger partial charge in [0, 0.05) is 30.2 Å². The monoisotopic (exact) mass is 440 g/mol. The molecule has 1 aliphatic rings. The number of benzene rings is 1. The first-order valence-corrected chi connectivity index (χ1v) is 10.8. The summed E-state index contributed by atoms with van der Waals surface area (Å²) >= 11 is 4.29. The number of rotatable bonds is 11. The van der Waals surface area contributed by atoms with E-state index in [2.05, 4.69) is 23.3 Å². The predicted molar refractivity (Wildman–Crippen MR) is 114 cm³/mol. The Morgan fingerprint density at radius 2 is 1.77 bits per heavy atom. The molecule has 1 amide bonds. The molecule has 0 spiro atoms. The molecule has 1 aromatic rings. The van der Waals surface area contributed by atoms with Crippen LogP contribution in [0.3, 0.4) is 0 Å². The number of hydrogen-bond acceptors (Lipinski definition) is 5. The molecule has 0 bridgehead atoms. The van der Waals surface area contributed by atoms with Crippen LogP contribution in [0.25, 0.3) is 0 Å². The quantitative estimate of drug-likeness (QED) is 0.266. The molecule has 1 fully saturated rings. The fraction of sp³-hybridized carbons (Fsp3) is 0.571. The third-order valence-corrected chi connectivity index (χ3v) is 5.99. The molecule has 1 unspecified atom stereocenters. The summed E-state index contributed by atoms with van der Waals surface area (Å²) in [7, 11) is 0. The van der Waals surface area contributed by atoms with Crippen LogP contribution in [0, 0.1) is 17.7 Å². The van der Waals surface area contributed by atoms with E-state index in [-0.39, 0.29) is 17.9 Å². The molecule has 1 aliphatic carbocycles. The first-order chi connectivity index (χ1) is 14.3. The minimum atomic E-state index is -2.04. The highest BCUT2D eigenvalue weighted by Gasteiger charge is 2.42. The van der Waals surface area contributed by atoms with Gasteiger partial charge in [-0.15, -0.1) is 0 Å². The number of nitrogens with one attached hydrogen (secondary N) is 2. The second-order valence-corrected chi connectivity index (χ2v) is 8.21. The second-order valence-electron chi connectivity index (χ2n) is 7.84. The molecular formula is C21H29FN2O5S. The number of thiol groups is 1. The van der Waals surface area contributed by atoms with Crippen molar-refractivity contribution in [1.82, 2.24) is 5.32 Å². The Morgan fingerprint density at radius 3 is 2.30 bits per heavy atom. The summed E-state index contributed by atoms with van der Waals surface area (Å²) in [5.41, 5.74) is -1.79. The zero-order chi connectivity index (χ0) is 22.1. The molecule has 166 valence electrons. The lowest BCUT2D eigenvalue weighted by molar-refractivity contribution is -0.148. The number of carbonyl (C=O) groups excluding carboxylic acids is 1. The van der Waals surface area contributed by atoms with Gasteiger partial charge in [-0.25, -0.2) is 9.18 Å². The van der Waals surface area contributed by atoms with Crippen molar-refractivity contribution in [2.75, 3.05) is 11.1 Å². The summed E-state index contributed by atoms with van der Waals surface area (Å²) < 4.78 is 13.2. The van der Waals surface area contributed by atoms with Crippen molar-refractivity contribution in [2.24, 2.45) is 11.8 Å². The van der Waals surface area contributed by atoms with Crippen molar-refractivity contribution in [3.63, 3.8) is 0 Å². The standard InChI is InChI=1S/C21H29FN2O5S/c22-16-6-8-17(9-7-16)23-21(20(28)29,11-10-18(25)26)24-19(27)15(13-30)12-14-4-2-1-3-5-14/h6-9,14-15,23,30H,1-5,10-13H2,(H,24,27)(H,25,26)(H,28,29)/t15?,21-/m0/s1. The Morgan fingerprint density at radius 1 is 1.13 bits per heavy atom. The molecule has 9 heteroatoms. The van der Waals surface area contributed by atoms with Crippen molar-refractivity contribution < 1.29 is 29.0 Å². The van der Waals surface area contributed by atoms with Gasteiger partial charge in [0.15, 0.2) is 0 Å². The average molecular weight is 441 g/mol. The van der Waals surface area contributed by atoms with E-state index in [4.69, 9.17) is 5.11 Å². The van der Waals surface area contributed by atoms with E-state index in [0.29, 0.717) is 12.3 Å². The molecule has 2 rings (SSSR count). The largest absolute Gasteiger partial charge is 0.481 e. The molecule has 2 atom stereocenters. The van der Waals surface area contributed by atoms with Gasteiger partial charge in [-0.05, 0) is 36.6 Å². The minimum Gasteiger partial charge on any atom is -0.481 e. The maximum atomic E-state index is 13.2. The first-order valence-electron chi connectivity index (χ1n) is 10.2. The normalized spacial score (nSPS) is 17.5. The molecule has 0 aliphatic heterocycles. The topological polar surface area (TPSA) is 116 Å². The van der Waals surface area contributed by atoms with Crippen molar-refractivity contribution >= 4 is 36.2 Å². The third-order valence-electron chi connectivity index (χ3n) is 5.55. The Kier molecular flexibility index (Phi) is 8.95. The van der Waals surface area contributed by atoms with Crippen LogP contribution in [-0.2, 0) is 14.4 Å². The van der Waals surface area contributed by atoms with Gasteiger partial charge in [0.05, 0.1) is 0 Å². The van der Waals surface area contributed by atoms with Crippen LogP contribution in [0.1, 0.15) is 51.4 Å². The Bertz CT molecular complexity index is 739. The van der Waals surface area contributed by atoms with Crippen LogP contribution in [0.15, 0.2) is 24.3 Å². The number of aliphatic carboxylic acids is 2. The van der Waals surface area contributed by atoms with E-state index in [1.54, 1.807) is 0 Å². The molecule has 30 heavy (non-hydrogen) atoms. The number of carboxylic acids is 2. The summed E-state index contributed by atoms with van der Waals surface area (Å²) in [6.07, 6.45) is 5.25. The maximum absolute atomic E-state index is 13.2. The molecule has 7 nitrogen and oxygen atoms in total. The third kappa shape index (κ3) is 6.90. The number of hydrogen-bond donors (Lipinski definition) is 5. The van der Waals surface area contributed by atoms with E-state index in [1.165, 1.54) is 18.6 Å². The van der Waals surface area contributed by atoms with Gasteiger partial charge in [-0.3, -0.25) is 9.59 Å². The van der Waals surface area contributed by atoms with Gasteiger partial charge in [0.25, 0.3) is 0 Å². The van der Waals surface area contributed by atoms with Gasteiger partial charge in [0.1, 0.15) is 5.82 Å². The van der Waals surface area contributed by atoms with E-state index < -0.39 is 41.7 Å². The van der Waals surface area contributed by atoms with E-state index in [0.717, 1.165) is 37.8 Å². The first kappa shape index (κ1) is 24.0. The average Bonchev–Trinajstić information content (AvgIpc) is 2.72. The van der Waals surface area contributed by atoms with Crippen molar-refractivity contribution in [3.8, 4) is 0 Å². The summed E-state index contributed by atoms with van der Waals surface area (Å²) in [6, 6.07) is 4.96. The van der Waals surface area contributed by atoms with Crippen LogP contribution in [0.4, 0.5) is 10.1 Å². The summed E-state index contributed by atoms with van der Waals surface area (Å²) in [6.45, 7) is 0. The lowest BCUT2D eigenvalue weighted by Crippen LogP contribution is -2.61. The van der Waals surface area contributed by atoms with E-state index in [9.17, 15) is 23.9 Å². The molecule has 0 heterocycles. The molecule has 1 aromatic carbocycles. The molecular weight excluding hydrogens is 411 g/mol. The highest BCUT2D eigenvalue weighted by Crippen LogP contribution is 2.30. The van der Waals surface area contributed by atoms with Crippen LogP contribution in [0.2, 0.25) is 0 Å². The molecule has 0 radical (unpaired) electrons.